The van der Waals surface area contributed by atoms with Gasteiger partial charge in [0.2, 0.25) is 5.91 Å². The van der Waals surface area contributed by atoms with Crippen LogP contribution in [0.1, 0.15) is 75.0 Å². The fraction of sp³-hybridized carbons (Fsp3) is 0.581. The first-order valence-electron chi connectivity index (χ1n) is 20.9. The van der Waals surface area contributed by atoms with E-state index in [-0.39, 0.29) is 49.1 Å². The van der Waals surface area contributed by atoms with E-state index >= 15 is 0 Å². The fourth-order valence-corrected chi connectivity index (χ4v) is 9.40. The van der Waals surface area contributed by atoms with E-state index in [1.165, 1.54) is 4.57 Å². The van der Waals surface area contributed by atoms with Crippen molar-refractivity contribution in [1.82, 2.24) is 24.2 Å². The maximum absolute atomic E-state index is 14.3. The molecule has 4 aliphatic heterocycles. The van der Waals surface area contributed by atoms with Crippen LogP contribution in [0, 0.1) is 18.8 Å². The summed E-state index contributed by atoms with van der Waals surface area (Å²) in [6.45, 7) is 7.70. The number of aryl methyl sites for hydroxylation is 2. The second kappa shape index (κ2) is 18.1. The van der Waals surface area contributed by atoms with E-state index in [2.05, 4.69) is 5.32 Å². The predicted octanol–water partition coefficient (Wildman–Crippen LogP) is 4.86. The maximum atomic E-state index is 14.3. The molecule has 5 amide bonds. The number of benzene rings is 2. The summed E-state index contributed by atoms with van der Waals surface area (Å²) in [4.78, 5) is 85.3. The van der Waals surface area contributed by atoms with Gasteiger partial charge in [0.15, 0.2) is 11.7 Å². The zero-order valence-electron chi connectivity index (χ0n) is 33.9. The number of ether oxygens (including phenoxy) is 2. The van der Waals surface area contributed by atoms with Gasteiger partial charge < -0.3 is 38.8 Å². The Bertz CT molecular complexity index is 2050. The molecule has 0 radical (unpaired) electrons. The van der Waals surface area contributed by atoms with Gasteiger partial charge in [-0.3, -0.25) is 19.0 Å². The van der Waals surface area contributed by atoms with Crippen molar-refractivity contribution in [2.45, 2.75) is 90.2 Å². The van der Waals surface area contributed by atoms with Crippen LogP contribution in [0.4, 0.5) is 15.3 Å². The highest BCUT2D eigenvalue weighted by Gasteiger charge is 2.37. The molecule has 5 heterocycles. The molecule has 3 saturated heterocycles. The first kappa shape index (κ1) is 40.8. The van der Waals surface area contributed by atoms with Crippen LogP contribution >= 0.6 is 0 Å². The summed E-state index contributed by atoms with van der Waals surface area (Å²) in [6.07, 6.45) is 4.05. The number of nitrogens with one attached hydrogen (secondary N) is 1. The molecule has 312 valence electrons. The summed E-state index contributed by atoms with van der Waals surface area (Å²) < 4.78 is 18.0. The molecule has 0 bridgehead atoms. The van der Waals surface area contributed by atoms with Crippen molar-refractivity contribution in [3.63, 3.8) is 0 Å². The predicted molar refractivity (Wildman–Crippen MR) is 215 cm³/mol. The Hall–Kier alpha value is -5.34. The van der Waals surface area contributed by atoms with Crippen molar-refractivity contribution in [2.75, 3.05) is 57.7 Å². The van der Waals surface area contributed by atoms with Gasteiger partial charge in [0.25, 0.3) is 5.91 Å². The minimum absolute atomic E-state index is 0.0169. The number of urea groups is 1. The van der Waals surface area contributed by atoms with Gasteiger partial charge in [-0.15, -0.1) is 0 Å². The number of fused-ring (bicyclic) bond motifs is 2. The summed E-state index contributed by atoms with van der Waals surface area (Å²) in [5.41, 5.74) is 4.55. The first-order chi connectivity index (χ1) is 28.0. The highest BCUT2D eigenvalue weighted by molar-refractivity contribution is 5.91. The van der Waals surface area contributed by atoms with Gasteiger partial charge in [-0.25, -0.2) is 14.4 Å². The summed E-state index contributed by atoms with van der Waals surface area (Å²) in [6, 6.07) is 11.3. The van der Waals surface area contributed by atoms with Gasteiger partial charge in [0, 0.05) is 77.4 Å². The monoisotopic (exact) mass is 800 g/mol. The number of hydrogen-bond acceptors (Lipinski definition) is 9. The number of aromatic nitrogens is 1. The van der Waals surface area contributed by atoms with Crippen LogP contribution in [0.3, 0.4) is 0 Å². The van der Waals surface area contributed by atoms with Crippen LogP contribution in [0.2, 0.25) is 0 Å². The number of carbonyl (C=O) groups is 5. The average molecular weight is 801 g/mol. The van der Waals surface area contributed by atoms with Crippen molar-refractivity contribution in [1.29, 1.82) is 0 Å². The number of amides is 5. The molecule has 15 heteroatoms. The summed E-state index contributed by atoms with van der Waals surface area (Å²) in [5.74, 6) is -0.247. The van der Waals surface area contributed by atoms with E-state index < -0.39 is 18.0 Å². The molecule has 0 saturated carbocycles. The zero-order valence-corrected chi connectivity index (χ0v) is 33.9. The molecule has 4 aliphatic rings. The Morgan fingerprint density at radius 3 is 2.19 bits per heavy atom. The highest BCUT2D eigenvalue weighted by atomic mass is 16.6. The van der Waals surface area contributed by atoms with Crippen molar-refractivity contribution in [3.05, 3.63) is 63.6 Å². The minimum Gasteiger partial charge on any atom is -0.466 e. The molecule has 0 unspecified atom stereocenters. The number of nitrogens with zero attached hydrogens (tertiary/aromatic N) is 5. The third-order valence-electron chi connectivity index (χ3n) is 12.6. The van der Waals surface area contributed by atoms with Gasteiger partial charge in [0.05, 0.1) is 18.5 Å². The molecule has 3 fully saturated rings. The van der Waals surface area contributed by atoms with Crippen LogP contribution in [-0.2, 0) is 43.7 Å². The van der Waals surface area contributed by atoms with Crippen LogP contribution < -0.4 is 11.1 Å². The summed E-state index contributed by atoms with van der Waals surface area (Å²) in [5, 5.41) is 3.04. The van der Waals surface area contributed by atoms with Crippen LogP contribution in [0.25, 0.3) is 11.1 Å². The number of likely N-dealkylation sites (tertiary alicyclic amines) is 3. The van der Waals surface area contributed by atoms with E-state index in [0.29, 0.717) is 88.2 Å². The quantitative estimate of drug-likeness (QED) is 0.282. The lowest BCUT2D eigenvalue weighted by Crippen LogP contribution is -2.52. The van der Waals surface area contributed by atoms with Crippen molar-refractivity contribution < 1.29 is 37.9 Å². The van der Waals surface area contributed by atoms with Crippen molar-refractivity contribution in [3.8, 4) is 0 Å². The Labute approximate surface area is 338 Å². The van der Waals surface area contributed by atoms with E-state index in [4.69, 9.17) is 13.9 Å². The molecule has 3 aromatic rings. The standard InChI is InChI=1S/C43H56N6O9/c1-4-56-38(51)10-9-37(50)46-18-11-30(12-19-46)31-13-20-47(21-14-31)40(52)36(27-29-25-28(2)39-35(26-29)57-42(54)45(39)3)58-43(55)48-22-16-33(17-23-48)49-24-15-32-7-5-6-8-34(32)44-41(49)53/h5-8,25-26,30-31,33,36H,4,9-24,27H2,1-3H3,(H,44,53)/t36-/m1/s1. The molecule has 58 heavy (non-hydrogen) atoms. The molecule has 1 aromatic heterocycles. The smallest absolute Gasteiger partial charge is 0.419 e. The lowest BCUT2D eigenvalue weighted by atomic mass is 9.78. The maximum Gasteiger partial charge on any atom is 0.419 e. The SMILES string of the molecule is CCOC(=O)CCC(=O)N1CCC(C2CCN(C(=O)[C@@H](Cc3cc(C)c4c(c3)oc(=O)n4C)OC(=O)N3CCC(N4CCc5ccccc5NC4=O)CC3)CC2)CC1. The Morgan fingerprint density at radius 2 is 1.50 bits per heavy atom. The second-order valence-corrected chi connectivity index (χ2v) is 16.2. The molecular weight excluding hydrogens is 745 g/mol. The van der Waals surface area contributed by atoms with E-state index in [0.717, 1.165) is 54.5 Å². The number of esters is 1. The lowest BCUT2D eigenvalue weighted by Gasteiger charge is -2.41. The average Bonchev–Trinajstić information content (AvgIpc) is 3.41. The largest absolute Gasteiger partial charge is 0.466 e. The number of carbonyl (C=O) groups excluding carboxylic acids is 5. The van der Waals surface area contributed by atoms with Gasteiger partial charge in [-0.05, 0) is 99.5 Å². The Kier molecular flexibility index (Phi) is 12.7. The van der Waals surface area contributed by atoms with Crippen molar-refractivity contribution >= 4 is 46.7 Å². The van der Waals surface area contributed by atoms with Gasteiger partial charge in [0.1, 0.15) is 0 Å². The first-order valence-corrected chi connectivity index (χ1v) is 20.9. The van der Waals surface area contributed by atoms with Gasteiger partial charge in [-0.2, -0.15) is 0 Å². The third kappa shape index (κ3) is 9.18. The minimum atomic E-state index is -1.09. The summed E-state index contributed by atoms with van der Waals surface area (Å²) in [7, 11) is 1.65. The second-order valence-electron chi connectivity index (χ2n) is 16.2. The van der Waals surface area contributed by atoms with Crippen LogP contribution in [0.5, 0.6) is 0 Å². The summed E-state index contributed by atoms with van der Waals surface area (Å²) >= 11 is 0. The Balaban J connectivity index is 0.966. The van der Waals surface area contributed by atoms with E-state index in [9.17, 15) is 28.8 Å². The van der Waals surface area contributed by atoms with E-state index in [1.54, 1.807) is 29.8 Å². The third-order valence-corrected chi connectivity index (χ3v) is 12.6. The molecular formula is C43H56N6O9. The number of para-hydroxylation sites is 1. The number of anilines is 1. The molecule has 15 nitrogen and oxygen atoms in total. The van der Waals surface area contributed by atoms with Crippen LogP contribution in [0.15, 0.2) is 45.6 Å². The Morgan fingerprint density at radius 1 is 0.845 bits per heavy atom. The number of rotatable bonds is 10. The van der Waals surface area contributed by atoms with Crippen LogP contribution in [-0.4, -0.2) is 119 Å². The molecule has 1 atom stereocenters. The lowest BCUT2D eigenvalue weighted by molar-refractivity contribution is -0.146. The molecule has 0 aliphatic carbocycles. The zero-order chi connectivity index (χ0) is 40.9. The highest BCUT2D eigenvalue weighted by Crippen LogP contribution is 2.34. The molecule has 0 spiro atoms. The van der Waals surface area contributed by atoms with Gasteiger partial charge in [-0.1, -0.05) is 24.3 Å². The molecule has 7 rings (SSSR count). The van der Waals surface area contributed by atoms with E-state index in [1.807, 2.05) is 47.1 Å². The van der Waals surface area contributed by atoms with Crippen molar-refractivity contribution in [2.24, 2.45) is 18.9 Å². The molecule has 1 N–H and O–H groups in total. The number of hydrogen-bond donors (Lipinski definition) is 1. The number of piperidine rings is 3. The van der Waals surface area contributed by atoms with Gasteiger partial charge >= 0.3 is 23.8 Å². The topological polar surface area (TPSA) is 164 Å². The fourth-order valence-electron chi connectivity index (χ4n) is 9.40. The normalized spacial score (nSPS) is 19.1. The molecule has 2 aromatic carbocycles. The number of oxazole rings is 1.